The van der Waals surface area contributed by atoms with Gasteiger partial charge in [-0.3, -0.25) is 4.57 Å². The summed E-state index contributed by atoms with van der Waals surface area (Å²) < 4.78 is 42.1. The maximum Gasteiger partial charge on any atom is 0.418 e. The first-order valence-electron chi connectivity index (χ1n) is 8.03. The highest BCUT2D eigenvalue weighted by atomic mass is 35.5. The lowest BCUT2D eigenvalue weighted by Gasteiger charge is -2.16. The molecule has 0 saturated carbocycles. The average molecular weight is 414 g/mol. The third-order valence-corrected chi connectivity index (χ3v) is 4.95. The maximum atomic E-state index is 13.6. The van der Waals surface area contributed by atoms with Gasteiger partial charge in [-0.1, -0.05) is 47.6 Å². The van der Waals surface area contributed by atoms with E-state index in [0.29, 0.717) is 27.9 Å². The van der Waals surface area contributed by atoms with Crippen molar-refractivity contribution in [2.24, 2.45) is 0 Å². The normalized spacial score (nSPS) is 11.7. The van der Waals surface area contributed by atoms with Crippen molar-refractivity contribution >= 4 is 23.4 Å². The number of hydrogen-bond acceptors (Lipinski definition) is 4. The van der Waals surface area contributed by atoms with Crippen LogP contribution in [0.1, 0.15) is 12.0 Å². The number of nitrogens with zero attached hydrogens (tertiary/aromatic N) is 3. The van der Waals surface area contributed by atoms with E-state index >= 15 is 0 Å². The lowest BCUT2D eigenvalue weighted by Crippen LogP contribution is -2.12. The molecule has 4 nitrogen and oxygen atoms in total. The van der Waals surface area contributed by atoms with Crippen LogP contribution in [-0.4, -0.2) is 32.2 Å². The van der Waals surface area contributed by atoms with Crippen molar-refractivity contribution < 1.29 is 18.3 Å². The molecule has 0 spiro atoms. The Balaban J connectivity index is 2.19. The summed E-state index contributed by atoms with van der Waals surface area (Å²) in [4.78, 5) is 0. The first-order valence-corrected chi connectivity index (χ1v) is 9.40. The molecule has 3 rings (SSSR count). The molecule has 0 atom stereocenters. The largest absolute Gasteiger partial charge is 0.418 e. The third kappa shape index (κ3) is 4.45. The zero-order chi connectivity index (χ0) is 19.4. The number of benzene rings is 2. The summed E-state index contributed by atoms with van der Waals surface area (Å²) in [7, 11) is 0. The van der Waals surface area contributed by atoms with Gasteiger partial charge in [-0.05, 0) is 30.7 Å². The Morgan fingerprint density at radius 3 is 2.56 bits per heavy atom. The lowest BCUT2D eigenvalue weighted by atomic mass is 10.1. The minimum Gasteiger partial charge on any atom is -0.396 e. The van der Waals surface area contributed by atoms with Gasteiger partial charge in [0.1, 0.15) is 0 Å². The quantitative estimate of drug-likeness (QED) is 0.452. The number of aliphatic hydroxyl groups is 1. The van der Waals surface area contributed by atoms with Gasteiger partial charge < -0.3 is 5.11 Å². The van der Waals surface area contributed by atoms with Gasteiger partial charge in [-0.2, -0.15) is 13.2 Å². The van der Waals surface area contributed by atoms with Crippen molar-refractivity contribution in [1.29, 1.82) is 0 Å². The van der Waals surface area contributed by atoms with E-state index in [9.17, 15) is 13.2 Å². The highest BCUT2D eigenvalue weighted by molar-refractivity contribution is 7.99. The van der Waals surface area contributed by atoms with Gasteiger partial charge in [0.15, 0.2) is 11.0 Å². The predicted molar refractivity (Wildman–Crippen MR) is 99.2 cm³/mol. The van der Waals surface area contributed by atoms with Crippen molar-refractivity contribution in [3.8, 4) is 17.1 Å². The second-order valence-corrected chi connectivity index (χ2v) is 7.09. The van der Waals surface area contributed by atoms with Crippen LogP contribution < -0.4 is 0 Å². The monoisotopic (exact) mass is 413 g/mol. The van der Waals surface area contributed by atoms with Gasteiger partial charge in [0.25, 0.3) is 0 Å². The molecule has 3 aromatic rings. The van der Waals surface area contributed by atoms with E-state index in [2.05, 4.69) is 10.2 Å². The van der Waals surface area contributed by atoms with Crippen molar-refractivity contribution in [2.45, 2.75) is 17.8 Å². The Kier molecular flexibility index (Phi) is 6.08. The maximum absolute atomic E-state index is 13.6. The number of alkyl halides is 3. The SMILES string of the molecule is OCCCSc1nnc(-c2cccc(Cl)c2)n1-c1ccccc1C(F)(F)F. The average Bonchev–Trinajstić information content (AvgIpc) is 3.05. The van der Waals surface area contributed by atoms with Crippen LogP contribution in [0.4, 0.5) is 13.2 Å². The number of aliphatic hydroxyl groups excluding tert-OH is 1. The molecule has 0 bridgehead atoms. The Hall–Kier alpha value is -2.03. The van der Waals surface area contributed by atoms with Crippen LogP contribution >= 0.6 is 23.4 Å². The Morgan fingerprint density at radius 1 is 1.07 bits per heavy atom. The van der Waals surface area contributed by atoms with E-state index in [0.717, 1.165) is 6.07 Å². The molecule has 0 amide bonds. The fourth-order valence-corrected chi connectivity index (χ4v) is 3.59. The topological polar surface area (TPSA) is 50.9 Å². The van der Waals surface area contributed by atoms with Crippen molar-refractivity contribution in [3.63, 3.8) is 0 Å². The number of thioether (sulfide) groups is 1. The summed E-state index contributed by atoms with van der Waals surface area (Å²) in [6, 6.07) is 12.0. The first kappa shape index (κ1) is 19.7. The van der Waals surface area contributed by atoms with Crippen LogP contribution in [0.3, 0.4) is 0 Å². The van der Waals surface area contributed by atoms with Crippen molar-refractivity contribution in [2.75, 3.05) is 12.4 Å². The first-order chi connectivity index (χ1) is 12.9. The summed E-state index contributed by atoms with van der Waals surface area (Å²) >= 11 is 7.27. The molecular weight excluding hydrogens is 399 g/mol. The van der Waals surface area contributed by atoms with Gasteiger partial charge in [0.05, 0.1) is 11.3 Å². The van der Waals surface area contributed by atoms with Gasteiger partial charge in [-0.25, -0.2) is 0 Å². The molecule has 0 aliphatic rings. The molecule has 142 valence electrons. The second-order valence-electron chi connectivity index (χ2n) is 5.59. The van der Waals surface area contributed by atoms with E-state index in [1.54, 1.807) is 24.3 Å². The van der Waals surface area contributed by atoms with Gasteiger partial charge in [0, 0.05) is 22.9 Å². The molecule has 0 aliphatic carbocycles. The van der Waals surface area contributed by atoms with E-state index in [4.69, 9.17) is 16.7 Å². The predicted octanol–water partition coefficient (Wildman–Crippen LogP) is 5.08. The molecule has 27 heavy (non-hydrogen) atoms. The van der Waals surface area contributed by atoms with Crippen molar-refractivity contribution in [1.82, 2.24) is 14.8 Å². The Labute approximate surface area is 163 Å². The molecule has 0 fully saturated rings. The molecule has 2 aromatic carbocycles. The molecule has 1 aromatic heterocycles. The fraction of sp³-hybridized carbons (Fsp3) is 0.222. The van der Waals surface area contributed by atoms with E-state index in [1.807, 2.05) is 0 Å². The number of aromatic nitrogens is 3. The molecule has 0 unspecified atom stereocenters. The molecule has 1 heterocycles. The van der Waals surface area contributed by atoms with E-state index in [-0.39, 0.29) is 18.1 Å². The molecule has 9 heteroatoms. The summed E-state index contributed by atoms with van der Waals surface area (Å²) in [5.74, 6) is 0.763. The molecular formula is C18H15ClF3N3OS. The number of para-hydroxylation sites is 1. The highest BCUT2D eigenvalue weighted by Gasteiger charge is 2.35. The Morgan fingerprint density at radius 2 is 1.85 bits per heavy atom. The van der Waals surface area contributed by atoms with Gasteiger partial charge in [0.2, 0.25) is 0 Å². The fourth-order valence-electron chi connectivity index (χ4n) is 2.53. The summed E-state index contributed by atoms with van der Waals surface area (Å²) in [6.45, 7) is -0.0125. The second kappa shape index (κ2) is 8.33. The van der Waals surface area contributed by atoms with E-state index < -0.39 is 11.7 Å². The number of halogens is 4. The minimum absolute atomic E-state index is 0.0125. The van der Waals surface area contributed by atoms with Crippen LogP contribution in [0.2, 0.25) is 5.02 Å². The molecule has 0 aliphatic heterocycles. The lowest BCUT2D eigenvalue weighted by molar-refractivity contribution is -0.137. The summed E-state index contributed by atoms with van der Waals surface area (Å²) in [6.07, 6.45) is -4.04. The zero-order valence-corrected chi connectivity index (χ0v) is 15.5. The standard InChI is InChI=1S/C18H15ClF3N3OS/c19-13-6-3-5-12(11-13)16-23-24-17(27-10-4-9-26)25(16)15-8-2-1-7-14(15)18(20,21)22/h1-3,5-8,11,26H,4,9-10H2. The summed E-state index contributed by atoms with van der Waals surface area (Å²) in [5, 5.41) is 17.9. The summed E-state index contributed by atoms with van der Waals surface area (Å²) in [5.41, 5.74) is -0.283. The van der Waals surface area contributed by atoms with Crippen LogP contribution in [0.5, 0.6) is 0 Å². The van der Waals surface area contributed by atoms with Crippen LogP contribution in [0.25, 0.3) is 17.1 Å². The number of hydrogen-bond donors (Lipinski definition) is 1. The van der Waals surface area contributed by atoms with Gasteiger partial charge >= 0.3 is 6.18 Å². The number of rotatable bonds is 6. The van der Waals surface area contributed by atoms with Crippen molar-refractivity contribution in [3.05, 3.63) is 59.1 Å². The highest BCUT2D eigenvalue weighted by Crippen LogP contribution is 2.37. The smallest absolute Gasteiger partial charge is 0.396 e. The van der Waals surface area contributed by atoms with Gasteiger partial charge in [-0.15, -0.1) is 10.2 Å². The molecule has 0 radical (unpaired) electrons. The zero-order valence-electron chi connectivity index (χ0n) is 13.9. The Bertz CT molecular complexity index is 930. The molecule has 1 N–H and O–H groups in total. The van der Waals surface area contributed by atoms with Crippen LogP contribution in [0.15, 0.2) is 53.7 Å². The molecule has 0 saturated heterocycles. The van der Waals surface area contributed by atoms with E-state index in [1.165, 1.54) is 34.5 Å². The van der Waals surface area contributed by atoms with Crippen LogP contribution in [-0.2, 0) is 6.18 Å². The minimum atomic E-state index is -4.53. The van der Waals surface area contributed by atoms with Crippen LogP contribution in [0, 0.1) is 0 Å². The third-order valence-electron chi connectivity index (χ3n) is 3.70.